The van der Waals surface area contributed by atoms with E-state index >= 15 is 0 Å². The second-order valence-corrected chi connectivity index (χ2v) is 8.87. The summed E-state index contributed by atoms with van der Waals surface area (Å²) in [5, 5.41) is 2.86. The van der Waals surface area contributed by atoms with Crippen molar-refractivity contribution in [1.29, 1.82) is 0 Å². The smallest absolute Gasteiger partial charge is 0.344 e. The molecule has 0 aliphatic carbocycles. The number of piperidine rings is 1. The summed E-state index contributed by atoms with van der Waals surface area (Å²) in [5.41, 5.74) is 1.19. The number of likely N-dealkylation sites (tertiary alicyclic amines) is 1. The minimum atomic E-state index is -4.85. The SMILES string of the molecule is CC(C)[C@H](CN1CC[C@H](c2ccc(Cl)cc2)C(C)(C)C1)NC(=O)C(F)(F)F. The maximum atomic E-state index is 12.6. The predicted octanol–water partition coefficient (Wildman–Crippen LogP) is 4.86. The second kappa shape index (κ2) is 8.39. The van der Waals surface area contributed by atoms with Crippen molar-refractivity contribution < 1.29 is 18.0 Å². The van der Waals surface area contributed by atoms with Crippen molar-refractivity contribution in [3.8, 4) is 0 Å². The molecule has 0 radical (unpaired) electrons. The van der Waals surface area contributed by atoms with Gasteiger partial charge < -0.3 is 10.2 Å². The first-order valence-electron chi connectivity index (χ1n) is 9.25. The van der Waals surface area contributed by atoms with E-state index < -0.39 is 18.1 Å². The average molecular weight is 405 g/mol. The van der Waals surface area contributed by atoms with Gasteiger partial charge in [-0.05, 0) is 47.9 Å². The number of carbonyl (C=O) groups is 1. The molecule has 1 aromatic rings. The molecule has 152 valence electrons. The van der Waals surface area contributed by atoms with Crippen LogP contribution >= 0.6 is 11.6 Å². The molecule has 1 fully saturated rings. The van der Waals surface area contributed by atoms with Crippen molar-refractivity contribution >= 4 is 17.5 Å². The molecule has 1 aromatic carbocycles. The molecule has 0 spiro atoms. The zero-order valence-corrected chi connectivity index (χ0v) is 17.0. The Morgan fingerprint density at radius 2 is 1.89 bits per heavy atom. The van der Waals surface area contributed by atoms with Gasteiger partial charge in [0, 0.05) is 24.2 Å². The van der Waals surface area contributed by atoms with Crippen LogP contribution in [0.25, 0.3) is 0 Å². The molecule has 0 aromatic heterocycles. The first kappa shape index (κ1) is 22.0. The Balaban J connectivity index is 2.04. The fourth-order valence-electron chi connectivity index (χ4n) is 3.89. The standard InChI is InChI=1S/C20H28ClF3N2O/c1-13(2)17(25-18(27)20(22,23)24)11-26-10-9-16(19(3,4)12-26)14-5-7-15(21)8-6-14/h5-8,13,16-17H,9-12H2,1-4H3,(H,25,27)/t16-,17+/m1/s1. The highest BCUT2D eigenvalue weighted by atomic mass is 35.5. The van der Waals surface area contributed by atoms with Gasteiger partial charge >= 0.3 is 12.1 Å². The van der Waals surface area contributed by atoms with Crippen molar-refractivity contribution in [2.24, 2.45) is 11.3 Å². The fourth-order valence-corrected chi connectivity index (χ4v) is 4.01. The van der Waals surface area contributed by atoms with Crippen LogP contribution in [-0.4, -0.2) is 42.7 Å². The summed E-state index contributed by atoms with van der Waals surface area (Å²) in [7, 11) is 0. The van der Waals surface area contributed by atoms with E-state index in [4.69, 9.17) is 11.6 Å². The fraction of sp³-hybridized carbons (Fsp3) is 0.650. The van der Waals surface area contributed by atoms with E-state index in [0.717, 1.165) is 19.5 Å². The minimum Gasteiger partial charge on any atom is -0.344 e. The maximum Gasteiger partial charge on any atom is 0.471 e. The largest absolute Gasteiger partial charge is 0.471 e. The summed E-state index contributed by atoms with van der Waals surface area (Å²) < 4.78 is 37.8. The topological polar surface area (TPSA) is 32.3 Å². The van der Waals surface area contributed by atoms with Gasteiger partial charge in [-0.3, -0.25) is 4.79 Å². The summed E-state index contributed by atoms with van der Waals surface area (Å²) in [6.07, 6.45) is -3.94. The third kappa shape index (κ3) is 5.85. The lowest BCUT2D eigenvalue weighted by atomic mass is 9.70. The van der Waals surface area contributed by atoms with Crippen molar-refractivity contribution in [2.45, 2.75) is 52.3 Å². The second-order valence-electron chi connectivity index (χ2n) is 8.44. The molecule has 27 heavy (non-hydrogen) atoms. The van der Waals surface area contributed by atoms with Gasteiger partial charge in [0.05, 0.1) is 0 Å². The Kier molecular flexibility index (Phi) is 6.85. The van der Waals surface area contributed by atoms with E-state index in [2.05, 4.69) is 24.1 Å². The summed E-state index contributed by atoms with van der Waals surface area (Å²) in [4.78, 5) is 13.5. The molecule has 3 nitrogen and oxygen atoms in total. The molecular formula is C20H28ClF3N2O. The van der Waals surface area contributed by atoms with Crippen LogP contribution < -0.4 is 5.32 Å². The van der Waals surface area contributed by atoms with Crippen LogP contribution in [0.3, 0.4) is 0 Å². The number of nitrogens with one attached hydrogen (secondary N) is 1. The molecule has 1 N–H and O–H groups in total. The molecule has 1 heterocycles. The monoisotopic (exact) mass is 404 g/mol. The maximum absolute atomic E-state index is 12.6. The highest BCUT2D eigenvalue weighted by Gasteiger charge is 2.41. The lowest BCUT2D eigenvalue weighted by Crippen LogP contribution is -2.54. The zero-order chi connectivity index (χ0) is 20.4. The molecule has 1 amide bonds. The zero-order valence-electron chi connectivity index (χ0n) is 16.2. The van der Waals surface area contributed by atoms with E-state index in [0.29, 0.717) is 17.5 Å². The first-order chi connectivity index (χ1) is 12.4. The van der Waals surface area contributed by atoms with Gasteiger partial charge in [0.25, 0.3) is 0 Å². The molecule has 0 unspecified atom stereocenters. The van der Waals surface area contributed by atoms with E-state index in [9.17, 15) is 18.0 Å². The lowest BCUT2D eigenvalue weighted by Gasteiger charge is -2.46. The van der Waals surface area contributed by atoms with Gasteiger partial charge in [0.1, 0.15) is 0 Å². The number of halogens is 4. The van der Waals surface area contributed by atoms with Crippen molar-refractivity contribution in [3.05, 3.63) is 34.9 Å². The highest BCUT2D eigenvalue weighted by Crippen LogP contribution is 2.42. The van der Waals surface area contributed by atoms with Gasteiger partial charge in [0.2, 0.25) is 0 Å². The Labute approximate surface area is 164 Å². The predicted molar refractivity (Wildman–Crippen MR) is 102 cm³/mol. The van der Waals surface area contributed by atoms with E-state index in [1.807, 2.05) is 38.1 Å². The lowest BCUT2D eigenvalue weighted by molar-refractivity contribution is -0.174. The van der Waals surface area contributed by atoms with Crippen LogP contribution in [0.4, 0.5) is 13.2 Å². The van der Waals surface area contributed by atoms with Gasteiger partial charge in [-0.2, -0.15) is 13.2 Å². The molecule has 1 aliphatic heterocycles. The van der Waals surface area contributed by atoms with Crippen molar-refractivity contribution in [2.75, 3.05) is 19.6 Å². The Morgan fingerprint density at radius 1 is 1.30 bits per heavy atom. The minimum absolute atomic E-state index is 0.0400. The molecule has 2 atom stereocenters. The quantitative estimate of drug-likeness (QED) is 0.760. The molecule has 0 bridgehead atoms. The van der Waals surface area contributed by atoms with E-state index in [1.54, 1.807) is 0 Å². The average Bonchev–Trinajstić information content (AvgIpc) is 2.53. The van der Waals surface area contributed by atoms with E-state index in [1.165, 1.54) is 5.56 Å². The number of hydrogen-bond donors (Lipinski definition) is 1. The van der Waals surface area contributed by atoms with Crippen LogP contribution in [0.5, 0.6) is 0 Å². The van der Waals surface area contributed by atoms with Gasteiger partial charge in [-0.1, -0.05) is 51.4 Å². The summed E-state index contributed by atoms with van der Waals surface area (Å²) in [6.45, 7) is 9.96. The molecule has 1 saturated heterocycles. The molecule has 7 heteroatoms. The summed E-state index contributed by atoms with van der Waals surface area (Å²) in [5.74, 6) is -1.60. The normalized spacial score (nSPS) is 21.9. The molecule has 0 saturated carbocycles. The first-order valence-corrected chi connectivity index (χ1v) is 9.63. The van der Waals surface area contributed by atoms with E-state index in [-0.39, 0.29) is 11.3 Å². The number of hydrogen-bond acceptors (Lipinski definition) is 2. The van der Waals surface area contributed by atoms with Crippen LogP contribution in [-0.2, 0) is 4.79 Å². The molecular weight excluding hydrogens is 377 g/mol. The Morgan fingerprint density at radius 3 is 2.37 bits per heavy atom. The summed E-state index contributed by atoms with van der Waals surface area (Å²) >= 11 is 5.98. The number of alkyl halides is 3. The van der Waals surface area contributed by atoms with Crippen molar-refractivity contribution in [3.63, 3.8) is 0 Å². The number of nitrogens with zero attached hydrogens (tertiary/aromatic N) is 1. The molecule has 1 aliphatic rings. The number of rotatable bonds is 5. The van der Waals surface area contributed by atoms with Gasteiger partial charge in [-0.25, -0.2) is 0 Å². The van der Waals surface area contributed by atoms with Crippen LogP contribution in [0.1, 0.15) is 45.6 Å². The Bertz CT molecular complexity index is 644. The third-order valence-electron chi connectivity index (χ3n) is 5.41. The summed E-state index contributed by atoms with van der Waals surface area (Å²) in [6, 6.07) is 7.33. The number of carbonyl (C=O) groups excluding carboxylic acids is 1. The van der Waals surface area contributed by atoms with Crippen molar-refractivity contribution in [1.82, 2.24) is 10.2 Å². The Hall–Kier alpha value is -1.27. The van der Waals surface area contributed by atoms with Crippen LogP contribution in [0, 0.1) is 11.3 Å². The van der Waals surface area contributed by atoms with Crippen LogP contribution in [0.15, 0.2) is 24.3 Å². The van der Waals surface area contributed by atoms with Gasteiger partial charge in [-0.15, -0.1) is 0 Å². The number of benzene rings is 1. The number of amides is 1. The third-order valence-corrected chi connectivity index (χ3v) is 5.67. The molecule has 2 rings (SSSR count). The van der Waals surface area contributed by atoms with Crippen LogP contribution in [0.2, 0.25) is 5.02 Å². The highest BCUT2D eigenvalue weighted by molar-refractivity contribution is 6.30. The van der Waals surface area contributed by atoms with Gasteiger partial charge in [0.15, 0.2) is 0 Å².